The first kappa shape index (κ1) is 15.4. The monoisotopic (exact) mass is 306 g/mol. The lowest BCUT2D eigenvalue weighted by Crippen LogP contribution is -2.26. The Bertz CT molecular complexity index is 595. The summed E-state index contributed by atoms with van der Waals surface area (Å²) in [5.74, 6) is 0.235. The van der Waals surface area contributed by atoms with Crippen LogP contribution >= 0.6 is 11.3 Å². The summed E-state index contributed by atoms with van der Waals surface area (Å²) in [7, 11) is 1.48. The Morgan fingerprint density at radius 1 is 1.38 bits per heavy atom. The molecule has 7 heteroatoms. The summed E-state index contributed by atoms with van der Waals surface area (Å²) < 4.78 is 4.85. The van der Waals surface area contributed by atoms with Gasteiger partial charge in [-0.15, -0.1) is 11.3 Å². The summed E-state index contributed by atoms with van der Waals surface area (Å²) >= 11 is 1.63. The lowest BCUT2D eigenvalue weighted by atomic mass is 10.2. The van der Waals surface area contributed by atoms with Crippen LogP contribution in [0.1, 0.15) is 40.8 Å². The Morgan fingerprint density at radius 2 is 2.10 bits per heavy atom. The molecule has 112 valence electrons. The van der Waals surface area contributed by atoms with Crippen LogP contribution < -0.4 is 10.1 Å². The number of methoxy groups -OCH3 is 1. The van der Waals surface area contributed by atoms with Crippen molar-refractivity contribution in [1.82, 2.24) is 20.3 Å². The first-order valence-corrected chi connectivity index (χ1v) is 7.56. The predicted molar refractivity (Wildman–Crippen MR) is 80.8 cm³/mol. The van der Waals surface area contributed by atoms with Gasteiger partial charge in [-0.05, 0) is 5.92 Å². The fourth-order valence-electron chi connectivity index (χ4n) is 1.63. The molecule has 0 aliphatic rings. The van der Waals surface area contributed by atoms with Crippen LogP contribution in [-0.4, -0.2) is 34.5 Å². The van der Waals surface area contributed by atoms with Crippen molar-refractivity contribution in [2.75, 3.05) is 13.7 Å². The van der Waals surface area contributed by atoms with Gasteiger partial charge in [0.05, 0.1) is 23.4 Å². The lowest BCUT2D eigenvalue weighted by Gasteiger charge is -2.04. The highest BCUT2D eigenvalue weighted by molar-refractivity contribution is 7.09. The lowest BCUT2D eigenvalue weighted by molar-refractivity contribution is 0.0953. The molecule has 2 heterocycles. The van der Waals surface area contributed by atoms with Gasteiger partial charge in [0.15, 0.2) is 0 Å². The minimum absolute atomic E-state index is 0.196. The molecule has 0 aromatic carbocycles. The Hall–Kier alpha value is -2.02. The van der Waals surface area contributed by atoms with Gasteiger partial charge in [-0.3, -0.25) is 4.79 Å². The van der Waals surface area contributed by atoms with Crippen molar-refractivity contribution < 1.29 is 9.53 Å². The molecule has 0 spiro atoms. The van der Waals surface area contributed by atoms with Gasteiger partial charge >= 0.3 is 6.01 Å². The molecule has 6 nitrogen and oxygen atoms in total. The predicted octanol–water partition coefficient (Wildman–Crippen LogP) is 2.04. The van der Waals surface area contributed by atoms with E-state index in [9.17, 15) is 4.79 Å². The zero-order chi connectivity index (χ0) is 15.2. The maximum Gasteiger partial charge on any atom is 0.316 e. The molecule has 1 N–H and O–H groups in total. The van der Waals surface area contributed by atoms with E-state index in [-0.39, 0.29) is 11.9 Å². The average molecular weight is 306 g/mol. The number of rotatable bonds is 6. The van der Waals surface area contributed by atoms with Crippen molar-refractivity contribution >= 4 is 17.2 Å². The standard InChI is InChI=1S/C14H18N4O2S/c1-9(2)11-8-21-12(18-11)4-5-15-13(19)10-6-16-14(20-3)17-7-10/h6-9H,4-5H2,1-3H3,(H,15,19). The largest absolute Gasteiger partial charge is 0.467 e. The van der Waals surface area contributed by atoms with Crippen molar-refractivity contribution in [2.24, 2.45) is 0 Å². The van der Waals surface area contributed by atoms with E-state index in [1.54, 1.807) is 11.3 Å². The number of hydrogen-bond acceptors (Lipinski definition) is 6. The van der Waals surface area contributed by atoms with Gasteiger partial charge in [-0.1, -0.05) is 13.8 Å². The molecule has 0 aliphatic carbocycles. The van der Waals surface area contributed by atoms with E-state index in [1.165, 1.54) is 19.5 Å². The molecule has 0 bridgehead atoms. The van der Waals surface area contributed by atoms with E-state index in [0.29, 0.717) is 18.0 Å². The van der Waals surface area contributed by atoms with Crippen molar-refractivity contribution in [3.05, 3.63) is 34.0 Å². The van der Waals surface area contributed by atoms with E-state index >= 15 is 0 Å². The first-order chi connectivity index (χ1) is 10.1. The van der Waals surface area contributed by atoms with Gasteiger partial charge in [-0.25, -0.2) is 15.0 Å². The van der Waals surface area contributed by atoms with E-state index in [4.69, 9.17) is 4.74 Å². The van der Waals surface area contributed by atoms with Crippen LogP contribution in [0.5, 0.6) is 6.01 Å². The Labute approximate surface area is 127 Å². The number of carbonyl (C=O) groups is 1. The van der Waals surface area contributed by atoms with Gasteiger partial charge in [0.2, 0.25) is 0 Å². The zero-order valence-corrected chi connectivity index (χ0v) is 13.1. The van der Waals surface area contributed by atoms with Crippen LogP contribution in [0.4, 0.5) is 0 Å². The van der Waals surface area contributed by atoms with Crippen molar-refractivity contribution in [3.8, 4) is 6.01 Å². The topological polar surface area (TPSA) is 77.0 Å². The normalized spacial score (nSPS) is 10.7. The number of nitrogens with one attached hydrogen (secondary N) is 1. The van der Waals surface area contributed by atoms with Crippen molar-refractivity contribution in [3.63, 3.8) is 0 Å². The van der Waals surface area contributed by atoms with Crippen molar-refractivity contribution in [2.45, 2.75) is 26.2 Å². The highest BCUT2D eigenvalue weighted by Crippen LogP contribution is 2.17. The third kappa shape index (κ3) is 4.22. The minimum Gasteiger partial charge on any atom is -0.467 e. The molecule has 2 aromatic heterocycles. The second-order valence-corrected chi connectivity index (χ2v) is 5.73. The molecule has 0 unspecified atom stereocenters. The molecule has 1 amide bonds. The fourth-order valence-corrected chi connectivity index (χ4v) is 2.59. The summed E-state index contributed by atoms with van der Waals surface area (Å²) in [6.45, 7) is 4.77. The van der Waals surface area contributed by atoms with Crippen LogP contribution in [0.15, 0.2) is 17.8 Å². The second-order valence-electron chi connectivity index (χ2n) is 4.79. The molecular formula is C14H18N4O2S. The van der Waals surface area contributed by atoms with Gasteiger partial charge in [-0.2, -0.15) is 0 Å². The van der Waals surface area contributed by atoms with Gasteiger partial charge in [0, 0.05) is 30.7 Å². The molecular weight excluding hydrogens is 288 g/mol. The molecule has 0 aliphatic heterocycles. The van der Waals surface area contributed by atoms with Crippen LogP contribution in [0, 0.1) is 0 Å². The van der Waals surface area contributed by atoms with Crippen LogP contribution in [0.2, 0.25) is 0 Å². The Kier molecular flexibility index (Phi) is 5.21. The van der Waals surface area contributed by atoms with Crippen LogP contribution in [-0.2, 0) is 6.42 Å². The SMILES string of the molecule is COc1ncc(C(=O)NCCc2nc(C(C)C)cs2)cn1. The molecule has 0 fully saturated rings. The summed E-state index contributed by atoms with van der Waals surface area (Å²) in [4.78, 5) is 24.2. The zero-order valence-electron chi connectivity index (χ0n) is 12.3. The van der Waals surface area contributed by atoms with Crippen LogP contribution in [0.25, 0.3) is 0 Å². The summed E-state index contributed by atoms with van der Waals surface area (Å²) in [6.07, 6.45) is 3.61. The number of carbonyl (C=O) groups excluding carboxylic acids is 1. The summed E-state index contributed by atoms with van der Waals surface area (Å²) in [5.41, 5.74) is 1.52. The van der Waals surface area contributed by atoms with E-state index in [1.807, 2.05) is 0 Å². The number of ether oxygens (including phenoxy) is 1. The van der Waals surface area contributed by atoms with Gasteiger partial charge in [0.25, 0.3) is 5.91 Å². The third-order valence-corrected chi connectivity index (χ3v) is 3.79. The van der Waals surface area contributed by atoms with Gasteiger partial charge in [0.1, 0.15) is 0 Å². The molecule has 2 rings (SSSR count). The maximum atomic E-state index is 11.9. The van der Waals surface area contributed by atoms with Crippen LogP contribution in [0.3, 0.4) is 0 Å². The fraction of sp³-hybridized carbons (Fsp3) is 0.429. The highest BCUT2D eigenvalue weighted by Gasteiger charge is 2.09. The number of thiazole rings is 1. The molecule has 0 atom stereocenters. The van der Waals surface area contributed by atoms with Gasteiger partial charge < -0.3 is 10.1 Å². The molecule has 0 saturated heterocycles. The summed E-state index contributed by atoms with van der Waals surface area (Å²) in [6, 6.07) is 0.246. The number of nitrogens with zero attached hydrogens (tertiary/aromatic N) is 3. The van der Waals surface area contributed by atoms with E-state index in [0.717, 1.165) is 17.1 Å². The van der Waals surface area contributed by atoms with Crippen molar-refractivity contribution in [1.29, 1.82) is 0 Å². The van der Waals surface area contributed by atoms with E-state index < -0.39 is 0 Å². The molecule has 2 aromatic rings. The first-order valence-electron chi connectivity index (χ1n) is 6.68. The average Bonchev–Trinajstić information content (AvgIpc) is 2.96. The summed E-state index contributed by atoms with van der Waals surface area (Å²) in [5, 5.41) is 5.93. The maximum absolute atomic E-state index is 11.9. The Balaban J connectivity index is 1.82. The molecule has 0 radical (unpaired) electrons. The number of hydrogen-bond donors (Lipinski definition) is 1. The number of amides is 1. The second kappa shape index (κ2) is 7.12. The third-order valence-electron chi connectivity index (χ3n) is 2.86. The molecule has 21 heavy (non-hydrogen) atoms. The number of aromatic nitrogens is 3. The minimum atomic E-state index is -0.196. The molecule has 0 saturated carbocycles. The highest BCUT2D eigenvalue weighted by atomic mass is 32.1. The quantitative estimate of drug-likeness (QED) is 0.883. The Morgan fingerprint density at radius 3 is 2.67 bits per heavy atom. The van der Waals surface area contributed by atoms with E-state index in [2.05, 4.69) is 39.5 Å². The smallest absolute Gasteiger partial charge is 0.316 e.